The molecule has 1 aromatic rings. The van der Waals surface area contributed by atoms with Gasteiger partial charge in [-0.3, -0.25) is 0 Å². The van der Waals surface area contributed by atoms with E-state index in [2.05, 4.69) is 17.4 Å². The first-order valence-electron chi connectivity index (χ1n) is 7.33. The summed E-state index contributed by atoms with van der Waals surface area (Å²) >= 11 is 0. The number of rotatable bonds is 6. The van der Waals surface area contributed by atoms with Gasteiger partial charge < -0.3 is 19.5 Å². The normalized spacial score (nSPS) is 19.1. The highest BCUT2D eigenvalue weighted by Gasteiger charge is 2.17. The lowest BCUT2D eigenvalue weighted by Crippen LogP contribution is -2.28. The SMILES string of the molecule is COCOc1ccc(C2CCCNC2)cc1OC(C)C. The molecule has 0 spiro atoms. The quantitative estimate of drug-likeness (QED) is 0.813. The summed E-state index contributed by atoms with van der Waals surface area (Å²) in [7, 11) is 1.62. The van der Waals surface area contributed by atoms with Gasteiger partial charge in [-0.2, -0.15) is 0 Å². The van der Waals surface area contributed by atoms with Crippen LogP contribution in [0.2, 0.25) is 0 Å². The van der Waals surface area contributed by atoms with Crippen LogP contribution >= 0.6 is 0 Å². The molecule has 1 saturated heterocycles. The second-order valence-corrected chi connectivity index (χ2v) is 5.47. The Morgan fingerprint density at radius 2 is 2.15 bits per heavy atom. The van der Waals surface area contributed by atoms with Gasteiger partial charge in [-0.05, 0) is 56.8 Å². The van der Waals surface area contributed by atoms with Gasteiger partial charge in [-0.1, -0.05) is 6.07 Å². The van der Waals surface area contributed by atoms with E-state index in [9.17, 15) is 0 Å². The van der Waals surface area contributed by atoms with Crippen LogP contribution in [0.1, 0.15) is 38.2 Å². The molecule has 1 heterocycles. The van der Waals surface area contributed by atoms with Crippen LogP contribution in [0.25, 0.3) is 0 Å². The van der Waals surface area contributed by atoms with Crippen molar-refractivity contribution in [1.29, 1.82) is 0 Å². The van der Waals surface area contributed by atoms with E-state index >= 15 is 0 Å². The first kappa shape index (κ1) is 15.1. The highest BCUT2D eigenvalue weighted by molar-refractivity contribution is 5.44. The lowest BCUT2D eigenvalue weighted by molar-refractivity contribution is 0.0476. The maximum Gasteiger partial charge on any atom is 0.188 e. The Hall–Kier alpha value is -1.26. The lowest BCUT2D eigenvalue weighted by Gasteiger charge is -2.24. The van der Waals surface area contributed by atoms with Gasteiger partial charge >= 0.3 is 0 Å². The molecule has 4 heteroatoms. The number of hydrogen-bond acceptors (Lipinski definition) is 4. The fraction of sp³-hybridized carbons (Fsp3) is 0.625. The second-order valence-electron chi connectivity index (χ2n) is 5.47. The summed E-state index contributed by atoms with van der Waals surface area (Å²) < 4.78 is 16.4. The molecule has 4 nitrogen and oxygen atoms in total. The molecule has 2 rings (SSSR count). The molecule has 0 saturated carbocycles. The number of benzene rings is 1. The Bertz CT molecular complexity index is 414. The van der Waals surface area contributed by atoms with Crippen molar-refractivity contribution in [2.24, 2.45) is 0 Å². The maximum absolute atomic E-state index is 5.87. The topological polar surface area (TPSA) is 39.7 Å². The average Bonchev–Trinajstić information content (AvgIpc) is 2.46. The molecule has 1 N–H and O–H groups in total. The Balaban J connectivity index is 2.17. The second kappa shape index (κ2) is 7.50. The monoisotopic (exact) mass is 279 g/mol. The molecule has 1 aliphatic rings. The number of hydrogen-bond donors (Lipinski definition) is 1. The third-order valence-corrected chi connectivity index (χ3v) is 3.43. The van der Waals surface area contributed by atoms with Gasteiger partial charge in [0.1, 0.15) is 0 Å². The van der Waals surface area contributed by atoms with Crippen LogP contribution in [0.5, 0.6) is 11.5 Å². The predicted octanol–water partition coefficient (Wildman–Crippen LogP) is 2.92. The van der Waals surface area contributed by atoms with E-state index in [4.69, 9.17) is 14.2 Å². The van der Waals surface area contributed by atoms with Crippen LogP contribution < -0.4 is 14.8 Å². The van der Waals surface area contributed by atoms with Crippen LogP contribution in [0.15, 0.2) is 18.2 Å². The van der Waals surface area contributed by atoms with E-state index < -0.39 is 0 Å². The van der Waals surface area contributed by atoms with Gasteiger partial charge in [-0.25, -0.2) is 0 Å². The van der Waals surface area contributed by atoms with Crippen molar-refractivity contribution in [3.63, 3.8) is 0 Å². The molecular formula is C16H25NO3. The van der Waals surface area contributed by atoms with Crippen molar-refractivity contribution in [2.75, 3.05) is 27.0 Å². The fourth-order valence-corrected chi connectivity index (χ4v) is 2.50. The van der Waals surface area contributed by atoms with E-state index in [1.807, 2.05) is 19.9 Å². The van der Waals surface area contributed by atoms with Gasteiger partial charge in [0.25, 0.3) is 0 Å². The van der Waals surface area contributed by atoms with Crippen LogP contribution in [0.3, 0.4) is 0 Å². The Morgan fingerprint density at radius 1 is 1.30 bits per heavy atom. The number of piperidine rings is 1. The molecule has 0 radical (unpaired) electrons. The zero-order chi connectivity index (χ0) is 14.4. The smallest absolute Gasteiger partial charge is 0.188 e. The minimum atomic E-state index is 0.125. The third-order valence-electron chi connectivity index (χ3n) is 3.43. The maximum atomic E-state index is 5.87. The standard InChI is InChI=1S/C16H25NO3/c1-12(2)20-16-9-13(14-5-4-8-17-10-14)6-7-15(16)19-11-18-3/h6-7,9,12,14,17H,4-5,8,10-11H2,1-3H3. The van der Waals surface area contributed by atoms with Crippen molar-refractivity contribution >= 4 is 0 Å². The first-order chi connectivity index (χ1) is 9.70. The van der Waals surface area contributed by atoms with E-state index in [1.54, 1.807) is 7.11 Å². The highest BCUT2D eigenvalue weighted by atomic mass is 16.7. The third kappa shape index (κ3) is 4.12. The number of methoxy groups -OCH3 is 1. The minimum absolute atomic E-state index is 0.125. The zero-order valence-corrected chi connectivity index (χ0v) is 12.6. The van der Waals surface area contributed by atoms with Gasteiger partial charge in [0.05, 0.1) is 6.10 Å². The van der Waals surface area contributed by atoms with Gasteiger partial charge in [0.15, 0.2) is 18.3 Å². The summed E-state index contributed by atoms with van der Waals surface area (Å²) in [6.45, 7) is 6.45. The minimum Gasteiger partial charge on any atom is -0.487 e. The molecule has 0 aromatic heterocycles. The molecule has 0 bridgehead atoms. The highest BCUT2D eigenvalue weighted by Crippen LogP contribution is 2.33. The van der Waals surface area contributed by atoms with Crippen molar-refractivity contribution in [2.45, 2.75) is 38.7 Å². The molecule has 1 unspecified atom stereocenters. The molecule has 1 aromatic carbocycles. The summed E-state index contributed by atoms with van der Waals surface area (Å²) in [6.07, 6.45) is 2.58. The summed E-state index contributed by atoms with van der Waals surface area (Å²) in [5, 5.41) is 3.45. The van der Waals surface area contributed by atoms with E-state index in [1.165, 1.54) is 18.4 Å². The average molecular weight is 279 g/mol. The van der Waals surface area contributed by atoms with E-state index in [-0.39, 0.29) is 12.9 Å². The fourth-order valence-electron chi connectivity index (χ4n) is 2.50. The predicted molar refractivity (Wildman–Crippen MR) is 79.6 cm³/mol. The van der Waals surface area contributed by atoms with Crippen molar-refractivity contribution in [3.05, 3.63) is 23.8 Å². The van der Waals surface area contributed by atoms with Gasteiger partial charge in [-0.15, -0.1) is 0 Å². The Morgan fingerprint density at radius 3 is 2.80 bits per heavy atom. The Kier molecular flexibility index (Phi) is 5.68. The van der Waals surface area contributed by atoms with Gasteiger partial charge in [0.2, 0.25) is 0 Å². The molecule has 0 amide bonds. The number of nitrogens with one attached hydrogen (secondary N) is 1. The lowest BCUT2D eigenvalue weighted by atomic mass is 9.91. The van der Waals surface area contributed by atoms with Crippen LogP contribution in [0.4, 0.5) is 0 Å². The number of ether oxygens (including phenoxy) is 3. The van der Waals surface area contributed by atoms with Crippen LogP contribution in [-0.4, -0.2) is 33.1 Å². The van der Waals surface area contributed by atoms with E-state index in [0.29, 0.717) is 5.92 Å². The summed E-state index contributed by atoms with van der Waals surface area (Å²) in [6, 6.07) is 6.24. The molecule has 0 aliphatic carbocycles. The summed E-state index contributed by atoms with van der Waals surface area (Å²) in [5.74, 6) is 2.11. The van der Waals surface area contributed by atoms with Crippen LogP contribution in [0, 0.1) is 0 Å². The molecule has 112 valence electrons. The summed E-state index contributed by atoms with van der Waals surface area (Å²) in [5.41, 5.74) is 1.32. The molecule has 1 aliphatic heterocycles. The van der Waals surface area contributed by atoms with Gasteiger partial charge in [0, 0.05) is 13.7 Å². The molecule has 20 heavy (non-hydrogen) atoms. The van der Waals surface area contributed by atoms with E-state index in [0.717, 1.165) is 24.6 Å². The zero-order valence-electron chi connectivity index (χ0n) is 12.6. The van der Waals surface area contributed by atoms with Crippen LogP contribution in [-0.2, 0) is 4.74 Å². The first-order valence-corrected chi connectivity index (χ1v) is 7.33. The summed E-state index contributed by atoms with van der Waals surface area (Å²) in [4.78, 5) is 0. The molecule has 1 atom stereocenters. The molecular weight excluding hydrogens is 254 g/mol. The largest absolute Gasteiger partial charge is 0.487 e. The van der Waals surface area contributed by atoms with Crippen molar-refractivity contribution in [3.8, 4) is 11.5 Å². The van der Waals surface area contributed by atoms with Crippen molar-refractivity contribution in [1.82, 2.24) is 5.32 Å². The molecule has 1 fully saturated rings. The Labute approximate surface area is 121 Å². The van der Waals surface area contributed by atoms with Crippen molar-refractivity contribution < 1.29 is 14.2 Å².